The van der Waals surface area contributed by atoms with Gasteiger partial charge in [0.05, 0.1) is 5.69 Å². The molecule has 1 aromatic carbocycles. The maximum Gasteiger partial charge on any atom is 0.322 e. The molecule has 8 nitrogen and oxygen atoms in total. The van der Waals surface area contributed by atoms with Gasteiger partial charge in [-0.05, 0) is 34.7 Å². The third kappa shape index (κ3) is 4.07. The van der Waals surface area contributed by atoms with Crippen LogP contribution in [0, 0.1) is 0 Å². The first kappa shape index (κ1) is 19.4. The average Bonchev–Trinajstić information content (AvgIpc) is 3.21. The van der Waals surface area contributed by atoms with E-state index in [2.05, 4.69) is 25.8 Å². The van der Waals surface area contributed by atoms with Crippen LogP contribution in [-0.4, -0.2) is 36.9 Å². The highest BCUT2D eigenvalue weighted by atomic mass is 19.3. The van der Waals surface area contributed by atoms with Gasteiger partial charge in [-0.3, -0.25) is 4.79 Å². The van der Waals surface area contributed by atoms with Gasteiger partial charge in [0.2, 0.25) is 0 Å². The Morgan fingerprint density at radius 1 is 1.10 bits per heavy atom. The van der Waals surface area contributed by atoms with E-state index in [0.29, 0.717) is 29.7 Å². The standard InChI is InChI=1S/C20H16F2N6O2/c1-20(21,22)19(29)24-16-9-5-8-14(23-16)12-30-15-10-11-17-25-26-27-28(17)18(15)13-6-3-2-4-7-13/h2-11H,12H2,1H3,(H,23,24,29). The zero-order valence-electron chi connectivity index (χ0n) is 15.8. The Morgan fingerprint density at radius 3 is 2.67 bits per heavy atom. The van der Waals surface area contributed by atoms with Crippen molar-refractivity contribution in [3.05, 3.63) is 66.4 Å². The van der Waals surface area contributed by atoms with E-state index in [1.807, 2.05) is 30.3 Å². The van der Waals surface area contributed by atoms with Crippen LogP contribution in [-0.2, 0) is 11.4 Å². The normalized spacial score (nSPS) is 11.4. The summed E-state index contributed by atoms with van der Waals surface area (Å²) < 4.78 is 33.7. The molecule has 3 heterocycles. The average molecular weight is 410 g/mol. The summed E-state index contributed by atoms with van der Waals surface area (Å²) in [6.45, 7) is 0.565. The van der Waals surface area contributed by atoms with Crippen molar-refractivity contribution in [2.45, 2.75) is 19.5 Å². The molecule has 10 heteroatoms. The van der Waals surface area contributed by atoms with Gasteiger partial charge in [-0.2, -0.15) is 13.3 Å². The lowest BCUT2D eigenvalue weighted by atomic mass is 10.1. The lowest BCUT2D eigenvalue weighted by Gasteiger charge is -2.13. The zero-order valence-corrected chi connectivity index (χ0v) is 15.8. The minimum atomic E-state index is -3.50. The topological polar surface area (TPSA) is 94.3 Å². The highest BCUT2D eigenvalue weighted by Crippen LogP contribution is 2.30. The van der Waals surface area contributed by atoms with Crippen LogP contribution in [0.5, 0.6) is 5.75 Å². The number of carbonyl (C=O) groups excluding carboxylic acids is 1. The minimum Gasteiger partial charge on any atom is -0.485 e. The van der Waals surface area contributed by atoms with Crippen molar-refractivity contribution in [3.8, 4) is 17.0 Å². The highest BCUT2D eigenvalue weighted by molar-refractivity contribution is 5.94. The molecule has 30 heavy (non-hydrogen) atoms. The van der Waals surface area contributed by atoms with Gasteiger partial charge in [-0.15, -0.1) is 5.10 Å². The maximum atomic E-state index is 13.1. The molecule has 0 saturated carbocycles. The molecule has 1 amide bonds. The summed E-state index contributed by atoms with van der Waals surface area (Å²) in [5.41, 5.74) is 2.52. The summed E-state index contributed by atoms with van der Waals surface area (Å²) in [5, 5.41) is 13.8. The molecule has 4 aromatic rings. The van der Waals surface area contributed by atoms with Crippen molar-refractivity contribution in [1.29, 1.82) is 0 Å². The van der Waals surface area contributed by atoms with Gasteiger partial charge in [-0.1, -0.05) is 36.4 Å². The van der Waals surface area contributed by atoms with E-state index in [1.165, 1.54) is 6.07 Å². The molecular weight excluding hydrogens is 394 g/mol. The number of nitrogens with one attached hydrogen (secondary N) is 1. The van der Waals surface area contributed by atoms with E-state index in [9.17, 15) is 13.6 Å². The predicted molar refractivity (Wildman–Crippen MR) is 104 cm³/mol. The van der Waals surface area contributed by atoms with E-state index in [-0.39, 0.29) is 12.4 Å². The van der Waals surface area contributed by atoms with Gasteiger partial charge < -0.3 is 10.1 Å². The second-order valence-corrected chi connectivity index (χ2v) is 6.51. The van der Waals surface area contributed by atoms with Gasteiger partial charge in [0.15, 0.2) is 5.65 Å². The predicted octanol–water partition coefficient (Wildman–Crippen LogP) is 3.36. The first-order chi connectivity index (χ1) is 14.4. The van der Waals surface area contributed by atoms with Crippen LogP contribution >= 0.6 is 0 Å². The van der Waals surface area contributed by atoms with E-state index < -0.39 is 11.8 Å². The first-order valence-corrected chi connectivity index (χ1v) is 8.96. The second kappa shape index (κ2) is 7.82. The van der Waals surface area contributed by atoms with Gasteiger partial charge in [0, 0.05) is 12.5 Å². The SMILES string of the molecule is CC(F)(F)C(=O)Nc1cccc(COc2ccc3nnnn3c2-c2ccccc2)n1. The number of tetrazole rings is 1. The van der Waals surface area contributed by atoms with Crippen molar-refractivity contribution in [2.24, 2.45) is 0 Å². The summed E-state index contributed by atoms with van der Waals surface area (Å²) >= 11 is 0. The molecule has 0 unspecified atom stereocenters. The molecule has 152 valence electrons. The quantitative estimate of drug-likeness (QED) is 0.524. The molecule has 0 atom stereocenters. The summed E-state index contributed by atoms with van der Waals surface area (Å²) in [6.07, 6.45) is 0. The first-order valence-electron chi connectivity index (χ1n) is 8.96. The number of alkyl halides is 2. The lowest BCUT2D eigenvalue weighted by Crippen LogP contribution is -2.31. The molecule has 0 fully saturated rings. The Balaban J connectivity index is 1.59. The van der Waals surface area contributed by atoms with Gasteiger partial charge in [-0.25, -0.2) is 4.98 Å². The van der Waals surface area contributed by atoms with Crippen LogP contribution in [0.25, 0.3) is 16.9 Å². The molecule has 0 radical (unpaired) electrons. The molecule has 0 bridgehead atoms. The zero-order chi connectivity index (χ0) is 21.1. The number of hydrogen-bond donors (Lipinski definition) is 1. The number of amides is 1. The summed E-state index contributed by atoms with van der Waals surface area (Å²) in [7, 11) is 0. The molecule has 0 aliphatic rings. The van der Waals surface area contributed by atoms with Crippen LogP contribution in [0.4, 0.5) is 14.6 Å². The van der Waals surface area contributed by atoms with Gasteiger partial charge in [0.1, 0.15) is 23.9 Å². The van der Waals surface area contributed by atoms with Crippen molar-refractivity contribution >= 4 is 17.4 Å². The fourth-order valence-electron chi connectivity index (χ4n) is 2.78. The van der Waals surface area contributed by atoms with Crippen LogP contribution in [0.2, 0.25) is 0 Å². The largest absolute Gasteiger partial charge is 0.485 e. The van der Waals surface area contributed by atoms with E-state index in [1.54, 1.807) is 28.8 Å². The Hall–Kier alpha value is -3.95. The number of rotatable bonds is 6. The number of halogens is 2. The molecule has 0 aliphatic heterocycles. The monoisotopic (exact) mass is 410 g/mol. The van der Waals surface area contributed by atoms with Crippen molar-refractivity contribution in [1.82, 2.24) is 25.0 Å². The Labute approximate surface area is 169 Å². The van der Waals surface area contributed by atoms with Crippen LogP contribution < -0.4 is 10.1 Å². The molecule has 0 aliphatic carbocycles. The van der Waals surface area contributed by atoms with Crippen molar-refractivity contribution in [3.63, 3.8) is 0 Å². The number of aromatic nitrogens is 5. The molecule has 3 aromatic heterocycles. The number of fused-ring (bicyclic) bond motifs is 1. The number of hydrogen-bond acceptors (Lipinski definition) is 6. The Morgan fingerprint density at radius 2 is 1.90 bits per heavy atom. The maximum absolute atomic E-state index is 13.1. The minimum absolute atomic E-state index is 0.0156. The highest BCUT2D eigenvalue weighted by Gasteiger charge is 2.32. The fourth-order valence-corrected chi connectivity index (χ4v) is 2.78. The summed E-state index contributed by atoms with van der Waals surface area (Å²) in [4.78, 5) is 15.6. The summed E-state index contributed by atoms with van der Waals surface area (Å²) in [5.74, 6) is -4.40. The second-order valence-electron chi connectivity index (χ2n) is 6.51. The smallest absolute Gasteiger partial charge is 0.322 e. The molecule has 4 rings (SSSR count). The number of carbonyl (C=O) groups is 1. The van der Waals surface area contributed by atoms with E-state index in [0.717, 1.165) is 5.56 Å². The van der Waals surface area contributed by atoms with Crippen LogP contribution in [0.3, 0.4) is 0 Å². The fraction of sp³-hybridized carbons (Fsp3) is 0.150. The van der Waals surface area contributed by atoms with E-state index >= 15 is 0 Å². The molecule has 0 saturated heterocycles. The van der Waals surface area contributed by atoms with Crippen molar-refractivity contribution < 1.29 is 18.3 Å². The van der Waals surface area contributed by atoms with Crippen LogP contribution in [0.1, 0.15) is 12.6 Å². The third-order valence-corrected chi connectivity index (χ3v) is 4.19. The Bertz CT molecular complexity index is 1190. The van der Waals surface area contributed by atoms with Crippen molar-refractivity contribution in [2.75, 3.05) is 5.32 Å². The number of anilines is 1. The molecular formula is C20H16F2N6O2. The number of ether oxygens (including phenoxy) is 1. The van der Waals surface area contributed by atoms with Gasteiger partial charge >= 0.3 is 5.92 Å². The third-order valence-electron chi connectivity index (χ3n) is 4.19. The number of nitrogens with zero attached hydrogens (tertiary/aromatic N) is 5. The summed E-state index contributed by atoms with van der Waals surface area (Å²) in [6, 6.07) is 17.6. The van der Waals surface area contributed by atoms with E-state index in [4.69, 9.17) is 4.74 Å². The van der Waals surface area contributed by atoms with Gasteiger partial charge in [0.25, 0.3) is 5.91 Å². The molecule has 1 N–H and O–H groups in total. The lowest BCUT2D eigenvalue weighted by molar-refractivity contribution is -0.137. The van der Waals surface area contributed by atoms with Crippen LogP contribution in [0.15, 0.2) is 60.7 Å². The molecule has 0 spiro atoms. The number of pyridine rings is 2. The number of benzene rings is 1. The Kier molecular flexibility index (Phi) is 5.05.